The molecular weight excluding hydrogens is 453 g/mol. The fourth-order valence-corrected chi connectivity index (χ4v) is 3.97. The van der Waals surface area contributed by atoms with E-state index in [4.69, 9.17) is 9.47 Å². The molecular formula is C29H23F3O3. The molecule has 4 aromatic carbocycles. The van der Waals surface area contributed by atoms with Crippen LogP contribution in [0.5, 0.6) is 5.75 Å². The first-order valence-electron chi connectivity index (χ1n) is 11.3. The van der Waals surface area contributed by atoms with Crippen molar-refractivity contribution in [1.29, 1.82) is 0 Å². The van der Waals surface area contributed by atoms with E-state index in [9.17, 15) is 18.3 Å². The molecule has 0 radical (unpaired) electrons. The van der Waals surface area contributed by atoms with Crippen molar-refractivity contribution in [3.8, 4) is 28.0 Å². The highest BCUT2D eigenvalue weighted by molar-refractivity contribution is 5.66. The van der Waals surface area contributed by atoms with Gasteiger partial charge < -0.3 is 14.6 Å². The normalized spacial score (nSPS) is 15.6. The summed E-state index contributed by atoms with van der Waals surface area (Å²) in [5, 5.41) is 9.62. The van der Waals surface area contributed by atoms with Crippen LogP contribution in [0.3, 0.4) is 0 Å². The van der Waals surface area contributed by atoms with Gasteiger partial charge >= 0.3 is 0 Å². The van der Waals surface area contributed by atoms with E-state index in [2.05, 4.69) is 0 Å². The van der Waals surface area contributed by atoms with Gasteiger partial charge in [0.15, 0.2) is 11.6 Å². The molecule has 1 aliphatic heterocycles. The minimum Gasteiger partial charge on any atom is -0.489 e. The second-order valence-electron chi connectivity index (χ2n) is 8.57. The Balaban J connectivity index is 1.27. The Morgan fingerprint density at radius 2 is 1.51 bits per heavy atom. The van der Waals surface area contributed by atoms with Crippen LogP contribution in [0.15, 0.2) is 78.9 Å². The summed E-state index contributed by atoms with van der Waals surface area (Å²) in [6.45, 7) is 2.04. The number of halogens is 3. The van der Waals surface area contributed by atoms with Crippen LogP contribution in [0.1, 0.15) is 35.8 Å². The lowest BCUT2D eigenvalue weighted by atomic mass is 10.00. The Kier molecular flexibility index (Phi) is 6.32. The van der Waals surface area contributed by atoms with Gasteiger partial charge in [-0.3, -0.25) is 0 Å². The van der Waals surface area contributed by atoms with E-state index < -0.39 is 17.7 Å². The van der Waals surface area contributed by atoms with Crippen LogP contribution in [0.4, 0.5) is 13.2 Å². The molecule has 178 valence electrons. The summed E-state index contributed by atoms with van der Waals surface area (Å²) >= 11 is 0. The first-order valence-corrected chi connectivity index (χ1v) is 11.3. The summed E-state index contributed by atoms with van der Waals surface area (Å²) in [7, 11) is 0. The predicted molar refractivity (Wildman–Crippen MR) is 127 cm³/mol. The maximum Gasteiger partial charge on any atom is 0.167 e. The van der Waals surface area contributed by atoms with Gasteiger partial charge in [0.2, 0.25) is 0 Å². The molecule has 0 spiro atoms. The molecule has 1 heterocycles. The summed E-state index contributed by atoms with van der Waals surface area (Å²) in [4.78, 5) is 0. The van der Waals surface area contributed by atoms with Gasteiger partial charge in [-0.25, -0.2) is 13.2 Å². The van der Waals surface area contributed by atoms with Crippen LogP contribution in [0.25, 0.3) is 22.3 Å². The lowest BCUT2D eigenvalue weighted by Gasteiger charge is -2.12. The largest absolute Gasteiger partial charge is 0.489 e. The van der Waals surface area contributed by atoms with Crippen LogP contribution in [-0.2, 0) is 11.3 Å². The predicted octanol–water partition coefficient (Wildman–Crippen LogP) is 7.14. The van der Waals surface area contributed by atoms with Crippen molar-refractivity contribution in [3.05, 3.63) is 113 Å². The summed E-state index contributed by atoms with van der Waals surface area (Å²) in [5.41, 5.74) is 3.54. The zero-order valence-corrected chi connectivity index (χ0v) is 19.0. The monoisotopic (exact) mass is 476 g/mol. The molecule has 0 saturated carbocycles. The van der Waals surface area contributed by atoms with Crippen molar-refractivity contribution in [2.75, 3.05) is 6.61 Å². The molecule has 0 amide bonds. The minimum absolute atomic E-state index is 0.0934. The molecule has 35 heavy (non-hydrogen) atoms. The SMILES string of the molecule is CC(O)c1ccc(-c2ccc(COc3ccc(-c4ccc(C5CO5)c(F)c4)cc3)c(F)c2F)cc1. The topological polar surface area (TPSA) is 42.0 Å². The van der Waals surface area contributed by atoms with E-state index in [1.165, 1.54) is 18.2 Å². The lowest BCUT2D eigenvalue weighted by molar-refractivity contribution is 0.199. The van der Waals surface area contributed by atoms with E-state index >= 15 is 0 Å². The Bertz CT molecular complexity index is 1350. The van der Waals surface area contributed by atoms with Crippen LogP contribution in [0, 0.1) is 17.5 Å². The third-order valence-corrected chi connectivity index (χ3v) is 6.13. The van der Waals surface area contributed by atoms with Gasteiger partial charge in [0, 0.05) is 16.7 Å². The summed E-state index contributed by atoms with van der Waals surface area (Å²) in [6.07, 6.45) is -0.780. The molecule has 6 heteroatoms. The standard InChI is InChI=1S/C29H23F3O3/c1-17(33)18-2-4-20(5-3-18)24-12-9-22(28(31)29(24)32)15-34-23-10-6-19(7-11-23)21-8-13-25(26(30)14-21)27-16-35-27/h2-14,17,27,33H,15-16H2,1H3. The molecule has 0 aliphatic carbocycles. The Labute approximate surface area is 201 Å². The number of ether oxygens (including phenoxy) is 2. The smallest absolute Gasteiger partial charge is 0.167 e. The van der Waals surface area contributed by atoms with E-state index in [1.54, 1.807) is 61.5 Å². The number of hydrogen-bond acceptors (Lipinski definition) is 3. The average Bonchev–Trinajstić information content (AvgIpc) is 3.71. The number of aliphatic hydroxyl groups excluding tert-OH is 1. The van der Waals surface area contributed by atoms with Crippen LogP contribution < -0.4 is 4.74 Å². The van der Waals surface area contributed by atoms with Gasteiger partial charge in [0.1, 0.15) is 24.3 Å². The molecule has 0 bridgehead atoms. The molecule has 4 aromatic rings. The van der Waals surface area contributed by atoms with Gasteiger partial charge in [-0.15, -0.1) is 0 Å². The first kappa shape index (κ1) is 23.1. The molecule has 1 aliphatic rings. The van der Waals surface area contributed by atoms with Gasteiger partial charge in [0.05, 0.1) is 12.7 Å². The van der Waals surface area contributed by atoms with Gasteiger partial charge in [0.25, 0.3) is 0 Å². The number of hydrogen-bond donors (Lipinski definition) is 1. The average molecular weight is 476 g/mol. The van der Waals surface area contributed by atoms with E-state index in [0.717, 1.165) is 11.1 Å². The fourth-order valence-electron chi connectivity index (χ4n) is 3.97. The summed E-state index contributed by atoms with van der Waals surface area (Å²) in [6, 6.07) is 21.7. The number of benzene rings is 4. The van der Waals surface area contributed by atoms with E-state index in [-0.39, 0.29) is 29.7 Å². The van der Waals surface area contributed by atoms with E-state index in [1.807, 2.05) is 6.07 Å². The van der Waals surface area contributed by atoms with Gasteiger partial charge in [-0.2, -0.15) is 0 Å². The maximum atomic E-state index is 14.8. The molecule has 2 atom stereocenters. The summed E-state index contributed by atoms with van der Waals surface area (Å²) in [5.74, 6) is -1.73. The highest BCUT2D eigenvalue weighted by atomic mass is 19.2. The lowest BCUT2D eigenvalue weighted by Crippen LogP contribution is -2.02. The van der Waals surface area contributed by atoms with Gasteiger partial charge in [-0.05, 0) is 47.4 Å². The van der Waals surface area contributed by atoms with E-state index in [0.29, 0.717) is 29.0 Å². The van der Waals surface area contributed by atoms with Crippen molar-refractivity contribution in [1.82, 2.24) is 0 Å². The highest BCUT2D eigenvalue weighted by Crippen LogP contribution is 2.34. The fraction of sp³-hybridized carbons (Fsp3) is 0.172. The Hall–Kier alpha value is -3.61. The Morgan fingerprint density at radius 3 is 2.14 bits per heavy atom. The maximum absolute atomic E-state index is 14.8. The molecule has 1 N–H and O–H groups in total. The highest BCUT2D eigenvalue weighted by Gasteiger charge is 2.27. The quantitative estimate of drug-likeness (QED) is 0.288. The van der Waals surface area contributed by atoms with Crippen molar-refractivity contribution in [2.24, 2.45) is 0 Å². The zero-order valence-electron chi connectivity index (χ0n) is 19.0. The van der Waals surface area contributed by atoms with Crippen molar-refractivity contribution in [2.45, 2.75) is 25.7 Å². The van der Waals surface area contributed by atoms with Crippen LogP contribution >= 0.6 is 0 Å². The molecule has 1 fully saturated rings. The summed E-state index contributed by atoms with van der Waals surface area (Å²) < 4.78 is 54.6. The second-order valence-corrected chi connectivity index (χ2v) is 8.57. The third kappa shape index (κ3) is 4.94. The molecule has 3 nitrogen and oxygen atoms in total. The molecule has 1 saturated heterocycles. The molecule has 5 rings (SSSR count). The first-order chi connectivity index (χ1) is 16.9. The number of aliphatic hydroxyl groups is 1. The zero-order chi connectivity index (χ0) is 24.5. The number of epoxide rings is 1. The van der Waals surface area contributed by atoms with Crippen LogP contribution in [0.2, 0.25) is 0 Å². The van der Waals surface area contributed by atoms with Crippen molar-refractivity contribution >= 4 is 0 Å². The van der Waals surface area contributed by atoms with Crippen LogP contribution in [-0.4, -0.2) is 11.7 Å². The Morgan fingerprint density at radius 1 is 0.857 bits per heavy atom. The third-order valence-electron chi connectivity index (χ3n) is 6.13. The second kappa shape index (κ2) is 9.56. The molecule has 0 aromatic heterocycles. The van der Waals surface area contributed by atoms with Gasteiger partial charge in [-0.1, -0.05) is 60.7 Å². The van der Waals surface area contributed by atoms with Crippen molar-refractivity contribution < 1.29 is 27.8 Å². The minimum atomic E-state index is -0.964. The number of rotatable bonds is 7. The molecule has 2 unspecified atom stereocenters. The van der Waals surface area contributed by atoms with Crippen molar-refractivity contribution in [3.63, 3.8) is 0 Å².